The summed E-state index contributed by atoms with van der Waals surface area (Å²) in [6.07, 6.45) is 4.08. The van der Waals surface area contributed by atoms with Crippen LogP contribution in [-0.4, -0.2) is 34.6 Å². The second-order valence-corrected chi connectivity index (χ2v) is 4.06. The van der Waals surface area contributed by atoms with Crippen molar-refractivity contribution in [2.45, 2.75) is 32.2 Å². The van der Waals surface area contributed by atoms with E-state index in [2.05, 4.69) is 22.2 Å². The minimum Gasteiger partial charge on any atom is -0.476 e. The molecule has 0 radical (unpaired) electrons. The van der Waals surface area contributed by atoms with Crippen LogP contribution >= 0.6 is 0 Å². The number of ether oxygens (including phenoxy) is 1. The number of hydrogen-bond acceptors (Lipinski definition) is 7. The van der Waals surface area contributed by atoms with Gasteiger partial charge in [0, 0.05) is 12.6 Å². The molecule has 0 aliphatic heterocycles. The van der Waals surface area contributed by atoms with Crippen molar-refractivity contribution in [1.29, 1.82) is 0 Å². The van der Waals surface area contributed by atoms with Crippen LogP contribution < -0.4 is 15.8 Å². The van der Waals surface area contributed by atoms with E-state index in [1.54, 1.807) is 0 Å². The van der Waals surface area contributed by atoms with E-state index < -0.39 is 4.92 Å². The summed E-state index contributed by atoms with van der Waals surface area (Å²) >= 11 is 0. The molecule has 1 unspecified atom stereocenters. The van der Waals surface area contributed by atoms with E-state index in [0.717, 1.165) is 19.3 Å². The first-order chi connectivity index (χ1) is 9.13. The fourth-order valence-electron chi connectivity index (χ4n) is 1.67. The molecular weight excluding hydrogens is 250 g/mol. The summed E-state index contributed by atoms with van der Waals surface area (Å²) in [6.45, 7) is 2.45. The summed E-state index contributed by atoms with van der Waals surface area (Å²) in [6, 6.07) is -0.0572. The standard InChI is InChI=1S/C11H19N5O3/c1-3-4-5-8(6-12)15-10-9(16(17)18)11(19-2)14-7-13-10/h7-8H,3-6,12H2,1-2H3,(H,13,14,15). The molecule has 3 N–H and O–H groups in total. The smallest absolute Gasteiger partial charge is 0.372 e. The molecule has 0 fully saturated rings. The van der Waals surface area contributed by atoms with E-state index in [4.69, 9.17) is 10.5 Å². The lowest BCUT2D eigenvalue weighted by atomic mass is 10.1. The van der Waals surface area contributed by atoms with Gasteiger partial charge in [-0.05, 0) is 6.42 Å². The van der Waals surface area contributed by atoms with Crippen molar-refractivity contribution in [3.8, 4) is 5.88 Å². The number of hydrogen-bond donors (Lipinski definition) is 2. The van der Waals surface area contributed by atoms with Gasteiger partial charge in [-0.2, -0.15) is 4.98 Å². The number of nitrogens with two attached hydrogens (primary N) is 1. The van der Waals surface area contributed by atoms with E-state index in [0.29, 0.717) is 6.54 Å². The van der Waals surface area contributed by atoms with Crippen LogP contribution in [0.4, 0.5) is 11.5 Å². The highest BCUT2D eigenvalue weighted by Gasteiger charge is 2.25. The highest BCUT2D eigenvalue weighted by Crippen LogP contribution is 2.30. The van der Waals surface area contributed by atoms with Gasteiger partial charge in [-0.25, -0.2) is 4.98 Å². The van der Waals surface area contributed by atoms with Crippen LogP contribution in [0.2, 0.25) is 0 Å². The van der Waals surface area contributed by atoms with Gasteiger partial charge in [-0.3, -0.25) is 10.1 Å². The lowest BCUT2D eigenvalue weighted by Crippen LogP contribution is -2.29. The van der Waals surface area contributed by atoms with Crippen LogP contribution in [-0.2, 0) is 0 Å². The van der Waals surface area contributed by atoms with Crippen LogP contribution in [0.15, 0.2) is 6.33 Å². The largest absolute Gasteiger partial charge is 0.476 e. The number of nitrogens with one attached hydrogen (secondary N) is 1. The Bertz CT molecular complexity index is 427. The normalized spacial score (nSPS) is 11.9. The molecule has 0 saturated carbocycles. The molecule has 0 aliphatic rings. The molecule has 1 heterocycles. The van der Waals surface area contributed by atoms with Crippen molar-refractivity contribution in [2.75, 3.05) is 19.0 Å². The van der Waals surface area contributed by atoms with E-state index in [-0.39, 0.29) is 23.4 Å². The maximum atomic E-state index is 11.1. The van der Waals surface area contributed by atoms with Crippen LogP contribution in [0.5, 0.6) is 5.88 Å². The Kier molecular flexibility index (Phi) is 5.94. The Morgan fingerprint density at radius 3 is 2.84 bits per heavy atom. The van der Waals surface area contributed by atoms with E-state index in [1.165, 1.54) is 13.4 Å². The Balaban J connectivity index is 2.95. The van der Waals surface area contributed by atoms with Crippen molar-refractivity contribution in [1.82, 2.24) is 9.97 Å². The minimum atomic E-state index is -0.561. The average molecular weight is 269 g/mol. The predicted octanol–water partition coefficient (Wildman–Crippen LogP) is 1.32. The molecule has 1 rings (SSSR count). The molecular formula is C11H19N5O3. The van der Waals surface area contributed by atoms with E-state index in [9.17, 15) is 10.1 Å². The van der Waals surface area contributed by atoms with Gasteiger partial charge in [0.25, 0.3) is 5.88 Å². The zero-order valence-electron chi connectivity index (χ0n) is 11.1. The van der Waals surface area contributed by atoms with Gasteiger partial charge in [0.05, 0.1) is 12.0 Å². The molecule has 0 amide bonds. The van der Waals surface area contributed by atoms with E-state index >= 15 is 0 Å². The topological polar surface area (TPSA) is 116 Å². The van der Waals surface area contributed by atoms with Gasteiger partial charge in [0.1, 0.15) is 6.33 Å². The maximum absolute atomic E-state index is 11.1. The SMILES string of the molecule is CCCCC(CN)Nc1ncnc(OC)c1[N+](=O)[O-]. The fraction of sp³-hybridized carbons (Fsp3) is 0.636. The first kappa shape index (κ1) is 15.1. The highest BCUT2D eigenvalue weighted by molar-refractivity contribution is 5.61. The van der Waals surface area contributed by atoms with Crippen molar-refractivity contribution in [2.24, 2.45) is 5.73 Å². The molecule has 1 atom stereocenters. The molecule has 106 valence electrons. The number of methoxy groups -OCH3 is 1. The molecule has 1 aromatic heterocycles. The second kappa shape index (κ2) is 7.47. The van der Waals surface area contributed by atoms with Gasteiger partial charge in [0.15, 0.2) is 0 Å². The Morgan fingerprint density at radius 1 is 1.58 bits per heavy atom. The second-order valence-electron chi connectivity index (χ2n) is 4.06. The van der Waals surface area contributed by atoms with Crippen molar-refractivity contribution in [3.05, 3.63) is 16.4 Å². The fourth-order valence-corrected chi connectivity index (χ4v) is 1.67. The Labute approximate surface area is 111 Å². The van der Waals surface area contributed by atoms with Crippen LogP contribution in [0.3, 0.4) is 0 Å². The van der Waals surface area contributed by atoms with E-state index in [1.807, 2.05) is 0 Å². The zero-order valence-corrected chi connectivity index (χ0v) is 11.1. The van der Waals surface area contributed by atoms with Crippen LogP contribution in [0.1, 0.15) is 26.2 Å². The third-order valence-corrected chi connectivity index (χ3v) is 2.70. The molecule has 8 heteroatoms. The van der Waals surface area contributed by atoms with Gasteiger partial charge < -0.3 is 15.8 Å². The number of aromatic nitrogens is 2. The van der Waals surface area contributed by atoms with Crippen molar-refractivity contribution in [3.63, 3.8) is 0 Å². The number of rotatable bonds is 8. The quantitative estimate of drug-likeness (QED) is 0.540. The highest BCUT2D eigenvalue weighted by atomic mass is 16.6. The van der Waals surface area contributed by atoms with Crippen LogP contribution in [0.25, 0.3) is 0 Å². The summed E-state index contributed by atoms with van der Waals surface area (Å²) in [7, 11) is 1.33. The molecule has 0 saturated heterocycles. The van der Waals surface area contributed by atoms with Gasteiger partial charge in [-0.15, -0.1) is 0 Å². The van der Waals surface area contributed by atoms with Crippen LogP contribution in [0, 0.1) is 10.1 Å². The average Bonchev–Trinajstić information content (AvgIpc) is 2.42. The number of anilines is 1. The summed E-state index contributed by atoms with van der Waals surface area (Å²) in [5, 5.41) is 14.1. The molecule has 8 nitrogen and oxygen atoms in total. The van der Waals surface area contributed by atoms with Gasteiger partial charge in [-0.1, -0.05) is 19.8 Å². The third kappa shape index (κ3) is 4.02. The summed E-state index contributed by atoms with van der Waals surface area (Å²) in [5.74, 6) is 0.0807. The maximum Gasteiger partial charge on any atom is 0.372 e. The molecule has 0 aliphatic carbocycles. The minimum absolute atomic E-state index is 0.0572. The number of nitrogens with zero attached hydrogens (tertiary/aromatic N) is 3. The summed E-state index contributed by atoms with van der Waals surface area (Å²) < 4.78 is 4.88. The van der Waals surface area contributed by atoms with Crippen molar-refractivity contribution < 1.29 is 9.66 Å². The first-order valence-corrected chi connectivity index (χ1v) is 6.14. The monoisotopic (exact) mass is 269 g/mol. The Hall–Kier alpha value is -1.96. The number of nitro groups is 1. The predicted molar refractivity (Wildman–Crippen MR) is 71.2 cm³/mol. The van der Waals surface area contributed by atoms with Gasteiger partial charge >= 0.3 is 5.69 Å². The lowest BCUT2D eigenvalue weighted by molar-refractivity contribution is -0.385. The number of unbranched alkanes of at least 4 members (excludes halogenated alkanes) is 1. The van der Waals surface area contributed by atoms with Gasteiger partial charge in [0.2, 0.25) is 5.82 Å². The molecule has 0 aromatic carbocycles. The lowest BCUT2D eigenvalue weighted by Gasteiger charge is -2.17. The Morgan fingerprint density at radius 2 is 2.32 bits per heavy atom. The first-order valence-electron chi connectivity index (χ1n) is 6.14. The summed E-state index contributed by atoms with van der Waals surface area (Å²) in [4.78, 5) is 18.1. The molecule has 1 aromatic rings. The molecule has 0 bridgehead atoms. The molecule has 0 spiro atoms. The zero-order chi connectivity index (χ0) is 14.3. The third-order valence-electron chi connectivity index (χ3n) is 2.70. The molecule has 19 heavy (non-hydrogen) atoms. The van der Waals surface area contributed by atoms with Crippen molar-refractivity contribution >= 4 is 11.5 Å². The summed E-state index contributed by atoms with van der Waals surface area (Å²) in [5.41, 5.74) is 5.39.